The van der Waals surface area contributed by atoms with Crippen LogP contribution in [0.2, 0.25) is 0 Å². The molecule has 0 bridgehead atoms. The van der Waals surface area contributed by atoms with Gasteiger partial charge in [-0.15, -0.1) is 0 Å². The molecule has 4 rings (SSSR count). The zero-order valence-corrected chi connectivity index (χ0v) is 27.7. The molecule has 3 heterocycles. The minimum Gasteiger partial charge on any atom is -0.488 e. The third-order valence-corrected chi connectivity index (χ3v) is 8.06. The summed E-state index contributed by atoms with van der Waals surface area (Å²) in [7, 11) is 1.35. The van der Waals surface area contributed by atoms with Gasteiger partial charge in [0.05, 0.1) is 61.3 Å². The number of amides is 1. The van der Waals surface area contributed by atoms with Crippen LogP contribution in [0.1, 0.15) is 73.9 Å². The smallest absolute Gasteiger partial charge is 0.416 e. The van der Waals surface area contributed by atoms with E-state index in [4.69, 9.17) is 24.4 Å². The molecule has 1 aliphatic heterocycles. The number of unbranched alkanes of at least 4 members (excludes halogenated alkanes) is 2. The van der Waals surface area contributed by atoms with E-state index in [0.29, 0.717) is 37.8 Å². The molecule has 51 heavy (non-hydrogen) atoms. The third-order valence-electron chi connectivity index (χ3n) is 8.06. The number of nitrogens with zero attached hydrogens (tertiary/aromatic N) is 5. The molecule has 278 valence electrons. The lowest BCUT2D eigenvalue weighted by atomic mass is 9.92. The number of carboxylic acid groups (broad SMARTS) is 1. The molecule has 1 aromatic carbocycles. The molecule has 1 aliphatic rings. The Balaban J connectivity index is 1.79. The number of carbonyl (C=O) groups excluding carboxylic acids is 1. The van der Waals surface area contributed by atoms with E-state index in [1.807, 2.05) is 0 Å². The Morgan fingerprint density at radius 2 is 1.65 bits per heavy atom. The Bertz CT molecular complexity index is 1610. The standard InChI is InChI=1S/C33H37F6N5O7/c1-3-23-16-26(29-25(8-9-27(42-29)49-2)44(23)31(48)51-11-6-4-5-7-28(46)47)43(30-40-17-24(18-41-30)50-12-10-45)19-20-13-21(32(34,35)36)15-22(14-20)33(37,38)39/h8-9,13-15,17-18,23,26,45H,3-7,10-12,16,19H2,1-2H3,(H,46,47)/t23-,26?/m1/s1. The van der Waals surface area contributed by atoms with Gasteiger partial charge in [-0.2, -0.15) is 26.3 Å². The zero-order valence-electron chi connectivity index (χ0n) is 27.7. The molecule has 0 saturated heterocycles. The minimum absolute atomic E-state index is 0.00941. The molecule has 0 spiro atoms. The zero-order chi connectivity index (χ0) is 37.3. The highest BCUT2D eigenvalue weighted by atomic mass is 19.4. The van der Waals surface area contributed by atoms with Crippen LogP contribution in [0.3, 0.4) is 0 Å². The fraction of sp³-hybridized carbons (Fsp3) is 0.485. The second-order valence-electron chi connectivity index (χ2n) is 11.6. The predicted molar refractivity (Wildman–Crippen MR) is 169 cm³/mol. The van der Waals surface area contributed by atoms with E-state index < -0.39 is 54.2 Å². The first-order valence-electron chi connectivity index (χ1n) is 16.0. The largest absolute Gasteiger partial charge is 0.488 e. The molecule has 18 heteroatoms. The van der Waals surface area contributed by atoms with Gasteiger partial charge >= 0.3 is 24.4 Å². The summed E-state index contributed by atoms with van der Waals surface area (Å²) in [6.07, 6.45) is -6.63. The summed E-state index contributed by atoms with van der Waals surface area (Å²) in [4.78, 5) is 40.3. The maximum absolute atomic E-state index is 13.8. The molecule has 2 aromatic heterocycles. The first-order valence-corrected chi connectivity index (χ1v) is 16.0. The van der Waals surface area contributed by atoms with Crippen LogP contribution < -0.4 is 19.3 Å². The number of ether oxygens (including phenoxy) is 3. The van der Waals surface area contributed by atoms with Crippen LogP contribution in [0.15, 0.2) is 42.7 Å². The highest BCUT2D eigenvalue weighted by molar-refractivity contribution is 5.90. The van der Waals surface area contributed by atoms with E-state index in [2.05, 4.69) is 15.0 Å². The van der Waals surface area contributed by atoms with Gasteiger partial charge < -0.3 is 29.3 Å². The van der Waals surface area contributed by atoms with Gasteiger partial charge in [0, 0.05) is 25.1 Å². The van der Waals surface area contributed by atoms with Crippen LogP contribution in [-0.2, 0) is 28.4 Å². The number of fused-ring (bicyclic) bond motifs is 1. The molecule has 3 aromatic rings. The number of hydrogen-bond acceptors (Lipinski definition) is 10. The topological polar surface area (TPSA) is 147 Å². The highest BCUT2D eigenvalue weighted by Gasteiger charge is 2.42. The average molecular weight is 730 g/mol. The molecule has 0 saturated carbocycles. The van der Waals surface area contributed by atoms with E-state index in [9.17, 15) is 35.9 Å². The monoisotopic (exact) mass is 729 g/mol. The number of carboxylic acids is 1. The molecule has 2 N–H and O–H groups in total. The first kappa shape index (κ1) is 38.9. The van der Waals surface area contributed by atoms with Gasteiger partial charge in [0.2, 0.25) is 11.8 Å². The Morgan fingerprint density at radius 3 is 2.22 bits per heavy atom. The van der Waals surface area contributed by atoms with Crippen LogP contribution in [0, 0.1) is 0 Å². The number of aliphatic carboxylic acids is 1. The van der Waals surface area contributed by atoms with E-state index in [0.717, 1.165) is 0 Å². The van der Waals surface area contributed by atoms with Crippen LogP contribution in [0.4, 0.5) is 42.8 Å². The summed E-state index contributed by atoms with van der Waals surface area (Å²) in [6, 6.07) is 2.86. The number of methoxy groups -OCH3 is 1. The average Bonchev–Trinajstić information content (AvgIpc) is 3.09. The number of anilines is 2. The molecule has 0 fully saturated rings. The van der Waals surface area contributed by atoms with Gasteiger partial charge in [-0.25, -0.2) is 19.7 Å². The van der Waals surface area contributed by atoms with Crippen molar-refractivity contribution in [2.45, 2.75) is 76.4 Å². The minimum atomic E-state index is -5.08. The predicted octanol–water partition coefficient (Wildman–Crippen LogP) is 6.81. The molecule has 2 atom stereocenters. The van der Waals surface area contributed by atoms with Gasteiger partial charge in [-0.05, 0) is 61.9 Å². The van der Waals surface area contributed by atoms with Crippen molar-refractivity contribution in [1.29, 1.82) is 0 Å². The number of alkyl halides is 6. The number of hydrogen-bond donors (Lipinski definition) is 2. The maximum atomic E-state index is 13.8. The lowest BCUT2D eigenvalue weighted by molar-refractivity contribution is -0.143. The fourth-order valence-electron chi connectivity index (χ4n) is 5.66. The van der Waals surface area contributed by atoms with Gasteiger partial charge in [-0.1, -0.05) is 6.92 Å². The Morgan fingerprint density at radius 1 is 0.980 bits per heavy atom. The summed E-state index contributed by atoms with van der Waals surface area (Å²) in [5.74, 6) is -0.754. The Kier molecular flexibility index (Phi) is 12.9. The number of rotatable bonds is 15. The van der Waals surface area contributed by atoms with Crippen LogP contribution in [0.5, 0.6) is 11.6 Å². The van der Waals surface area contributed by atoms with E-state index in [1.54, 1.807) is 13.0 Å². The summed E-state index contributed by atoms with van der Waals surface area (Å²) in [5.41, 5.74) is -2.86. The number of aliphatic hydroxyl groups excluding tert-OH is 1. The Labute approximate surface area is 289 Å². The van der Waals surface area contributed by atoms with E-state index in [-0.39, 0.29) is 73.3 Å². The van der Waals surface area contributed by atoms with Gasteiger partial charge in [-0.3, -0.25) is 9.69 Å². The third kappa shape index (κ3) is 10.1. The van der Waals surface area contributed by atoms with Crippen molar-refractivity contribution < 1.29 is 60.4 Å². The normalized spacial score (nSPS) is 16.0. The van der Waals surface area contributed by atoms with Crippen LogP contribution in [-0.4, -0.2) is 70.2 Å². The van der Waals surface area contributed by atoms with Crippen LogP contribution >= 0.6 is 0 Å². The van der Waals surface area contributed by atoms with Gasteiger partial charge in [0.1, 0.15) is 6.61 Å². The molecular weight excluding hydrogens is 692 g/mol. The van der Waals surface area contributed by atoms with E-state index in [1.165, 1.54) is 35.4 Å². The molecular formula is C33H37F6N5O7. The number of aromatic nitrogens is 3. The van der Waals surface area contributed by atoms with Crippen molar-refractivity contribution in [2.75, 3.05) is 36.7 Å². The lowest BCUT2D eigenvalue weighted by Gasteiger charge is -2.43. The number of aliphatic hydroxyl groups is 1. The van der Waals surface area contributed by atoms with E-state index >= 15 is 0 Å². The second kappa shape index (κ2) is 16.9. The van der Waals surface area contributed by atoms with Gasteiger partial charge in [0.15, 0.2) is 5.75 Å². The number of pyridine rings is 1. The summed E-state index contributed by atoms with van der Waals surface area (Å²) < 4.78 is 99.3. The van der Waals surface area contributed by atoms with Crippen molar-refractivity contribution in [3.05, 3.63) is 65.1 Å². The summed E-state index contributed by atoms with van der Waals surface area (Å²) >= 11 is 0. The number of carbonyl (C=O) groups is 2. The van der Waals surface area contributed by atoms with Crippen molar-refractivity contribution in [2.24, 2.45) is 0 Å². The van der Waals surface area contributed by atoms with Crippen LogP contribution in [0.25, 0.3) is 0 Å². The summed E-state index contributed by atoms with van der Waals surface area (Å²) in [5, 5.41) is 17.9. The van der Waals surface area contributed by atoms with Gasteiger partial charge in [0.25, 0.3) is 0 Å². The van der Waals surface area contributed by atoms with Crippen molar-refractivity contribution in [3.63, 3.8) is 0 Å². The summed E-state index contributed by atoms with van der Waals surface area (Å²) in [6.45, 7) is 0.883. The molecule has 1 unspecified atom stereocenters. The fourth-order valence-corrected chi connectivity index (χ4v) is 5.66. The quantitative estimate of drug-likeness (QED) is 0.126. The van der Waals surface area contributed by atoms with Crippen molar-refractivity contribution >= 4 is 23.7 Å². The molecule has 0 aliphatic carbocycles. The SMILES string of the molecule is CC[C@@H]1CC(N(Cc2cc(C(F)(F)F)cc(C(F)(F)F)c2)c2ncc(OCCO)cn2)c2nc(OC)ccc2N1C(=O)OCCCCCC(=O)O. The second-order valence-corrected chi connectivity index (χ2v) is 11.6. The lowest BCUT2D eigenvalue weighted by Crippen LogP contribution is -2.48. The maximum Gasteiger partial charge on any atom is 0.416 e. The first-order chi connectivity index (χ1) is 24.2. The number of benzene rings is 1. The molecule has 1 amide bonds. The highest BCUT2D eigenvalue weighted by Crippen LogP contribution is 2.44. The number of halogens is 6. The van der Waals surface area contributed by atoms with Crippen molar-refractivity contribution in [1.82, 2.24) is 15.0 Å². The Hall–Kier alpha value is -4.87. The molecule has 0 radical (unpaired) electrons. The van der Waals surface area contributed by atoms with Crippen molar-refractivity contribution in [3.8, 4) is 11.6 Å². The molecule has 12 nitrogen and oxygen atoms in total.